The number of carbonyl (C=O) groups excluding carboxylic acids is 1. The number of allylic oxidation sites excluding steroid dienone is 1. The van der Waals surface area contributed by atoms with Gasteiger partial charge in [-0.2, -0.15) is 0 Å². The molecular formula is C15H20O. The Morgan fingerprint density at radius 1 is 1.06 bits per heavy atom. The van der Waals surface area contributed by atoms with E-state index < -0.39 is 0 Å². The summed E-state index contributed by atoms with van der Waals surface area (Å²) in [5.41, 5.74) is 2.46. The summed E-state index contributed by atoms with van der Waals surface area (Å²) in [6, 6.07) is 10.3. The van der Waals surface area contributed by atoms with Gasteiger partial charge in [0.25, 0.3) is 0 Å². The molecule has 0 fully saturated rings. The Labute approximate surface area is 98.2 Å². The van der Waals surface area contributed by atoms with E-state index >= 15 is 0 Å². The van der Waals surface area contributed by atoms with Crippen LogP contribution >= 0.6 is 0 Å². The van der Waals surface area contributed by atoms with Gasteiger partial charge in [0.2, 0.25) is 0 Å². The van der Waals surface area contributed by atoms with Gasteiger partial charge in [-0.05, 0) is 30.4 Å². The summed E-state index contributed by atoms with van der Waals surface area (Å²) in [5, 5.41) is 0. The molecule has 0 saturated heterocycles. The van der Waals surface area contributed by atoms with Crippen LogP contribution in [0.4, 0.5) is 0 Å². The van der Waals surface area contributed by atoms with Crippen LogP contribution in [-0.2, 0) is 4.79 Å². The molecule has 0 N–H and O–H groups in total. The van der Waals surface area contributed by atoms with E-state index in [4.69, 9.17) is 0 Å². The van der Waals surface area contributed by atoms with Crippen molar-refractivity contribution in [1.82, 2.24) is 0 Å². The van der Waals surface area contributed by atoms with Crippen LogP contribution in [0.1, 0.15) is 44.1 Å². The Kier molecular flexibility index (Phi) is 6.24. The van der Waals surface area contributed by atoms with Crippen LogP contribution in [0.2, 0.25) is 0 Å². The fourth-order valence-electron chi connectivity index (χ4n) is 1.74. The SMILES string of the molecule is C=C(CCCCCCC=O)c1ccccc1. The van der Waals surface area contributed by atoms with Gasteiger partial charge in [0.1, 0.15) is 6.29 Å². The molecular weight excluding hydrogens is 196 g/mol. The molecule has 1 heteroatoms. The molecule has 1 nitrogen and oxygen atoms in total. The highest BCUT2D eigenvalue weighted by Crippen LogP contribution is 2.19. The fourth-order valence-corrected chi connectivity index (χ4v) is 1.74. The minimum atomic E-state index is 0.708. The Hall–Kier alpha value is -1.37. The predicted octanol–water partition coefficient (Wildman–Crippen LogP) is 4.24. The molecule has 86 valence electrons. The third kappa shape index (κ3) is 4.92. The van der Waals surface area contributed by atoms with Crippen molar-refractivity contribution in [3.05, 3.63) is 42.5 Å². The smallest absolute Gasteiger partial charge is 0.119 e. The first kappa shape index (κ1) is 12.7. The van der Waals surface area contributed by atoms with E-state index in [1.807, 2.05) is 18.2 Å². The third-order valence-electron chi connectivity index (χ3n) is 2.73. The van der Waals surface area contributed by atoms with Crippen LogP contribution < -0.4 is 0 Å². The highest BCUT2D eigenvalue weighted by Gasteiger charge is 1.97. The van der Waals surface area contributed by atoms with Gasteiger partial charge in [0.15, 0.2) is 0 Å². The average molecular weight is 216 g/mol. The maximum atomic E-state index is 10.1. The number of benzene rings is 1. The molecule has 0 saturated carbocycles. The zero-order valence-corrected chi connectivity index (χ0v) is 9.82. The number of rotatable bonds is 8. The lowest BCUT2D eigenvalue weighted by atomic mass is 10.0. The van der Waals surface area contributed by atoms with Gasteiger partial charge in [-0.25, -0.2) is 0 Å². The van der Waals surface area contributed by atoms with Gasteiger partial charge in [-0.15, -0.1) is 0 Å². The predicted molar refractivity (Wildman–Crippen MR) is 69.2 cm³/mol. The van der Waals surface area contributed by atoms with Crippen molar-refractivity contribution >= 4 is 11.9 Å². The summed E-state index contributed by atoms with van der Waals surface area (Å²) in [7, 11) is 0. The minimum absolute atomic E-state index is 0.708. The van der Waals surface area contributed by atoms with E-state index in [0.717, 1.165) is 25.5 Å². The Morgan fingerprint density at radius 3 is 2.44 bits per heavy atom. The van der Waals surface area contributed by atoms with Crippen molar-refractivity contribution in [3.63, 3.8) is 0 Å². The molecule has 0 heterocycles. The van der Waals surface area contributed by atoms with Gasteiger partial charge in [-0.3, -0.25) is 0 Å². The third-order valence-corrected chi connectivity index (χ3v) is 2.73. The lowest BCUT2D eigenvalue weighted by Crippen LogP contribution is -1.84. The average Bonchev–Trinajstić information content (AvgIpc) is 2.34. The summed E-state index contributed by atoms with van der Waals surface area (Å²) in [6.45, 7) is 4.10. The van der Waals surface area contributed by atoms with Crippen molar-refractivity contribution in [2.75, 3.05) is 0 Å². The van der Waals surface area contributed by atoms with Crippen LogP contribution in [0, 0.1) is 0 Å². The van der Waals surface area contributed by atoms with Crippen molar-refractivity contribution in [2.45, 2.75) is 38.5 Å². The molecule has 1 aromatic carbocycles. The maximum absolute atomic E-state index is 10.1. The topological polar surface area (TPSA) is 17.1 Å². The van der Waals surface area contributed by atoms with E-state index in [9.17, 15) is 4.79 Å². The van der Waals surface area contributed by atoms with E-state index in [1.54, 1.807) is 0 Å². The molecule has 1 rings (SSSR count). The van der Waals surface area contributed by atoms with Crippen molar-refractivity contribution in [2.24, 2.45) is 0 Å². The molecule has 0 unspecified atom stereocenters. The summed E-state index contributed by atoms with van der Waals surface area (Å²) >= 11 is 0. The monoisotopic (exact) mass is 216 g/mol. The van der Waals surface area contributed by atoms with Gasteiger partial charge >= 0.3 is 0 Å². The van der Waals surface area contributed by atoms with E-state index in [1.165, 1.54) is 24.0 Å². The lowest BCUT2D eigenvalue weighted by Gasteiger charge is -2.05. The van der Waals surface area contributed by atoms with E-state index in [-0.39, 0.29) is 0 Å². The Morgan fingerprint density at radius 2 is 1.75 bits per heavy atom. The summed E-state index contributed by atoms with van der Waals surface area (Å²) in [6.07, 6.45) is 7.32. The molecule has 0 radical (unpaired) electrons. The second-order valence-corrected chi connectivity index (χ2v) is 4.09. The summed E-state index contributed by atoms with van der Waals surface area (Å²) in [5.74, 6) is 0. The van der Waals surface area contributed by atoms with Crippen molar-refractivity contribution in [3.8, 4) is 0 Å². The maximum Gasteiger partial charge on any atom is 0.119 e. The fraction of sp³-hybridized carbons (Fsp3) is 0.400. The van der Waals surface area contributed by atoms with Crippen LogP contribution in [0.3, 0.4) is 0 Å². The first-order valence-electron chi connectivity index (χ1n) is 6.01. The quantitative estimate of drug-likeness (QED) is 0.469. The zero-order valence-electron chi connectivity index (χ0n) is 9.82. The minimum Gasteiger partial charge on any atom is -0.303 e. The molecule has 0 aliphatic rings. The molecule has 0 aromatic heterocycles. The second kappa shape index (κ2) is 7.86. The molecule has 1 aromatic rings. The second-order valence-electron chi connectivity index (χ2n) is 4.09. The van der Waals surface area contributed by atoms with Crippen LogP contribution in [0.25, 0.3) is 5.57 Å². The zero-order chi connectivity index (χ0) is 11.6. The molecule has 0 aliphatic heterocycles. The lowest BCUT2D eigenvalue weighted by molar-refractivity contribution is -0.107. The highest BCUT2D eigenvalue weighted by atomic mass is 16.1. The van der Waals surface area contributed by atoms with Crippen molar-refractivity contribution < 1.29 is 4.79 Å². The molecule has 0 atom stereocenters. The molecule has 16 heavy (non-hydrogen) atoms. The number of unbranched alkanes of at least 4 members (excludes halogenated alkanes) is 4. The molecule has 0 amide bonds. The van der Waals surface area contributed by atoms with E-state index in [0.29, 0.717) is 6.42 Å². The first-order valence-corrected chi connectivity index (χ1v) is 6.01. The van der Waals surface area contributed by atoms with Crippen molar-refractivity contribution in [1.29, 1.82) is 0 Å². The van der Waals surface area contributed by atoms with Gasteiger partial charge in [0, 0.05) is 6.42 Å². The standard InChI is InChI=1S/C15H20O/c1-14(15-11-7-5-8-12-15)10-6-3-2-4-9-13-16/h5,7-8,11-13H,1-4,6,9-10H2. The molecule has 0 aliphatic carbocycles. The van der Waals surface area contributed by atoms with Gasteiger partial charge in [0.05, 0.1) is 0 Å². The first-order chi connectivity index (χ1) is 7.84. The van der Waals surface area contributed by atoms with E-state index in [2.05, 4.69) is 18.7 Å². The number of hydrogen-bond acceptors (Lipinski definition) is 1. The summed E-state index contributed by atoms with van der Waals surface area (Å²) in [4.78, 5) is 10.1. The van der Waals surface area contributed by atoms with Crippen LogP contribution in [-0.4, -0.2) is 6.29 Å². The van der Waals surface area contributed by atoms with Gasteiger partial charge < -0.3 is 4.79 Å². The van der Waals surface area contributed by atoms with Gasteiger partial charge in [-0.1, -0.05) is 49.8 Å². The Balaban J connectivity index is 2.14. The Bertz CT molecular complexity index is 313. The normalized spacial score (nSPS) is 10.0. The van der Waals surface area contributed by atoms with Crippen LogP contribution in [0.15, 0.2) is 36.9 Å². The summed E-state index contributed by atoms with van der Waals surface area (Å²) < 4.78 is 0. The number of aldehydes is 1. The number of hydrogen-bond donors (Lipinski definition) is 0. The highest BCUT2D eigenvalue weighted by molar-refractivity contribution is 5.62. The number of carbonyl (C=O) groups is 1. The largest absolute Gasteiger partial charge is 0.303 e. The molecule has 0 spiro atoms. The molecule has 0 bridgehead atoms. The van der Waals surface area contributed by atoms with Crippen LogP contribution in [0.5, 0.6) is 0 Å².